The van der Waals surface area contributed by atoms with Crippen molar-refractivity contribution in [3.63, 3.8) is 0 Å². The smallest absolute Gasteiger partial charge is 0.189 e. The van der Waals surface area contributed by atoms with Crippen LogP contribution < -0.4 is 0 Å². The van der Waals surface area contributed by atoms with Crippen LogP contribution in [0.25, 0.3) is 6.08 Å². The normalized spacial score (nSPS) is 11.2. The Kier molecular flexibility index (Phi) is 2.91. The Bertz CT molecular complexity index is 577. The molecule has 0 bridgehead atoms. The highest BCUT2D eigenvalue weighted by Gasteiger charge is 2.09. The molecule has 5 heteroatoms. The van der Waals surface area contributed by atoms with Crippen LogP contribution in [0.15, 0.2) is 24.5 Å². The number of nitrogens with zero attached hydrogens (tertiary/aromatic N) is 4. The van der Waals surface area contributed by atoms with Gasteiger partial charge in [-0.3, -0.25) is 14.2 Å². The van der Waals surface area contributed by atoms with Crippen LogP contribution in [0.3, 0.4) is 0 Å². The summed E-state index contributed by atoms with van der Waals surface area (Å²) in [6.45, 7) is 1.82. The van der Waals surface area contributed by atoms with E-state index in [1.807, 2.05) is 20.0 Å². The van der Waals surface area contributed by atoms with Crippen molar-refractivity contribution in [3.05, 3.63) is 41.5 Å². The van der Waals surface area contributed by atoms with Crippen LogP contribution >= 0.6 is 0 Å². The number of hydrogen-bond donors (Lipinski definition) is 0. The van der Waals surface area contributed by atoms with Crippen molar-refractivity contribution in [3.8, 4) is 0 Å². The van der Waals surface area contributed by atoms with Crippen LogP contribution in [0.2, 0.25) is 0 Å². The molecule has 0 unspecified atom stereocenters. The Morgan fingerprint density at radius 2 is 2.18 bits per heavy atom. The molecule has 0 spiro atoms. The topological polar surface area (TPSA) is 52.7 Å². The molecule has 0 saturated heterocycles. The van der Waals surface area contributed by atoms with Crippen LogP contribution in [-0.2, 0) is 14.1 Å². The number of carbonyl (C=O) groups excluding carboxylic acids is 1. The lowest BCUT2D eigenvalue weighted by Gasteiger charge is -1.94. The van der Waals surface area contributed by atoms with Crippen molar-refractivity contribution in [1.29, 1.82) is 0 Å². The lowest BCUT2D eigenvalue weighted by atomic mass is 10.1. The molecule has 0 aliphatic heterocycles. The van der Waals surface area contributed by atoms with Crippen LogP contribution in [0.1, 0.15) is 21.7 Å². The Morgan fingerprint density at radius 1 is 1.41 bits per heavy atom. The third-order valence-electron chi connectivity index (χ3n) is 2.54. The van der Waals surface area contributed by atoms with Gasteiger partial charge in [0.2, 0.25) is 0 Å². The maximum atomic E-state index is 11.9. The van der Waals surface area contributed by atoms with Gasteiger partial charge in [-0.2, -0.15) is 10.2 Å². The molecule has 2 rings (SSSR count). The lowest BCUT2D eigenvalue weighted by Crippen LogP contribution is -1.96. The first-order valence-corrected chi connectivity index (χ1v) is 5.28. The summed E-state index contributed by atoms with van der Waals surface area (Å²) in [6.07, 6.45) is 6.72. The molecule has 5 nitrogen and oxygen atoms in total. The Balaban J connectivity index is 2.20. The van der Waals surface area contributed by atoms with E-state index in [2.05, 4.69) is 10.2 Å². The van der Waals surface area contributed by atoms with E-state index in [0.29, 0.717) is 5.56 Å². The van der Waals surface area contributed by atoms with Gasteiger partial charge in [-0.05, 0) is 25.1 Å². The zero-order chi connectivity index (χ0) is 12.4. The second-order valence-electron chi connectivity index (χ2n) is 3.88. The Morgan fingerprint density at radius 3 is 2.71 bits per heavy atom. The second-order valence-corrected chi connectivity index (χ2v) is 3.88. The maximum absolute atomic E-state index is 11.9. The van der Waals surface area contributed by atoms with Crippen LogP contribution in [0.4, 0.5) is 0 Å². The molecule has 0 N–H and O–H groups in total. The summed E-state index contributed by atoms with van der Waals surface area (Å²) in [5.41, 5.74) is 2.26. The SMILES string of the molecule is Cc1nn(C)cc1C(=O)/C=C/c1ccnn1C. The third-order valence-corrected chi connectivity index (χ3v) is 2.54. The molecule has 88 valence electrons. The molecular weight excluding hydrogens is 216 g/mol. The number of aromatic nitrogens is 4. The van der Waals surface area contributed by atoms with Gasteiger partial charge in [-0.15, -0.1) is 0 Å². The first-order valence-electron chi connectivity index (χ1n) is 5.28. The molecule has 0 atom stereocenters. The molecule has 0 aromatic carbocycles. The van der Waals surface area contributed by atoms with Gasteiger partial charge in [0.1, 0.15) is 0 Å². The molecule has 0 aliphatic rings. The molecule has 0 radical (unpaired) electrons. The van der Waals surface area contributed by atoms with E-state index in [1.165, 1.54) is 0 Å². The van der Waals surface area contributed by atoms with Crippen molar-refractivity contribution in [2.45, 2.75) is 6.92 Å². The first kappa shape index (κ1) is 11.3. The zero-order valence-corrected chi connectivity index (χ0v) is 10.1. The highest BCUT2D eigenvalue weighted by molar-refractivity contribution is 6.07. The fourth-order valence-corrected chi connectivity index (χ4v) is 1.64. The second kappa shape index (κ2) is 4.37. The minimum absolute atomic E-state index is 0.0446. The summed E-state index contributed by atoms with van der Waals surface area (Å²) < 4.78 is 3.35. The van der Waals surface area contributed by atoms with Gasteiger partial charge in [0.15, 0.2) is 5.78 Å². The maximum Gasteiger partial charge on any atom is 0.189 e. The van der Waals surface area contributed by atoms with E-state index in [0.717, 1.165) is 11.4 Å². The van der Waals surface area contributed by atoms with Gasteiger partial charge in [0.05, 0.1) is 17.0 Å². The molecule has 0 aliphatic carbocycles. The fraction of sp³-hybridized carbons (Fsp3) is 0.250. The Hall–Kier alpha value is -2.17. The molecule has 2 heterocycles. The van der Waals surface area contributed by atoms with Crippen molar-refractivity contribution < 1.29 is 4.79 Å². The van der Waals surface area contributed by atoms with Crippen LogP contribution in [0.5, 0.6) is 0 Å². The number of aryl methyl sites for hydroxylation is 3. The van der Waals surface area contributed by atoms with Crippen molar-refractivity contribution in [2.24, 2.45) is 14.1 Å². The monoisotopic (exact) mass is 230 g/mol. The molecule has 2 aromatic heterocycles. The van der Waals surface area contributed by atoms with E-state index in [9.17, 15) is 4.79 Å². The first-order chi connectivity index (χ1) is 8.08. The largest absolute Gasteiger partial charge is 0.289 e. The summed E-state index contributed by atoms with van der Waals surface area (Å²) in [4.78, 5) is 11.9. The quantitative estimate of drug-likeness (QED) is 0.591. The number of allylic oxidation sites excluding steroid dienone is 1. The van der Waals surface area contributed by atoms with Crippen LogP contribution in [-0.4, -0.2) is 25.3 Å². The third kappa shape index (κ3) is 2.33. The predicted octanol–water partition coefficient (Wildman–Crippen LogP) is 1.36. The number of carbonyl (C=O) groups is 1. The van der Waals surface area contributed by atoms with E-state index >= 15 is 0 Å². The lowest BCUT2D eigenvalue weighted by molar-refractivity contribution is 0.104. The highest BCUT2D eigenvalue weighted by atomic mass is 16.1. The molecule has 0 saturated carbocycles. The molecule has 2 aromatic rings. The molecular formula is C12H14N4O. The standard InChI is InChI=1S/C12H14N4O/c1-9-11(8-15(2)14-9)12(17)5-4-10-6-7-13-16(10)3/h4-8H,1-3H3/b5-4+. The van der Waals surface area contributed by atoms with Gasteiger partial charge in [0, 0.05) is 26.5 Å². The van der Waals surface area contributed by atoms with Crippen LogP contribution in [0, 0.1) is 6.92 Å². The fourth-order valence-electron chi connectivity index (χ4n) is 1.64. The number of hydrogen-bond acceptors (Lipinski definition) is 3. The average molecular weight is 230 g/mol. The zero-order valence-electron chi connectivity index (χ0n) is 10.1. The number of ketones is 1. The molecule has 0 fully saturated rings. The number of rotatable bonds is 3. The predicted molar refractivity (Wildman–Crippen MR) is 64.5 cm³/mol. The van der Waals surface area contributed by atoms with Gasteiger partial charge in [-0.25, -0.2) is 0 Å². The summed E-state index contributed by atoms with van der Waals surface area (Å²) >= 11 is 0. The van der Waals surface area contributed by atoms with E-state index in [4.69, 9.17) is 0 Å². The van der Waals surface area contributed by atoms with Gasteiger partial charge < -0.3 is 0 Å². The van der Waals surface area contributed by atoms with Gasteiger partial charge >= 0.3 is 0 Å². The van der Waals surface area contributed by atoms with Gasteiger partial charge in [0.25, 0.3) is 0 Å². The summed E-state index contributed by atoms with van der Waals surface area (Å²) in [6, 6.07) is 1.85. The molecule has 17 heavy (non-hydrogen) atoms. The van der Waals surface area contributed by atoms with Crippen molar-refractivity contribution in [1.82, 2.24) is 19.6 Å². The minimum atomic E-state index is -0.0446. The highest BCUT2D eigenvalue weighted by Crippen LogP contribution is 2.08. The molecule has 0 amide bonds. The van der Waals surface area contributed by atoms with Crippen molar-refractivity contribution >= 4 is 11.9 Å². The summed E-state index contributed by atoms with van der Waals surface area (Å²) in [5.74, 6) is -0.0446. The minimum Gasteiger partial charge on any atom is -0.289 e. The summed E-state index contributed by atoms with van der Waals surface area (Å²) in [5, 5.41) is 8.17. The summed E-state index contributed by atoms with van der Waals surface area (Å²) in [7, 11) is 3.63. The van der Waals surface area contributed by atoms with E-state index in [1.54, 1.807) is 41.0 Å². The van der Waals surface area contributed by atoms with E-state index < -0.39 is 0 Å². The van der Waals surface area contributed by atoms with E-state index in [-0.39, 0.29) is 5.78 Å². The van der Waals surface area contributed by atoms with Crippen molar-refractivity contribution in [2.75, 3.05) is 0 Å². The average Bonchev–Trinajstić information content (AvgIpc) is 2.81. The van der Waals surface area contributed by atoms with Gasteiger partial charge in [-0.1, -0.05) is 0 Å². The Labute approximate surface area is 99.4 Å².